The lowest BCUT2D eigenvalue weighted by Gasteiger charge is -2.03. The lowest BCUT2D eigenvalue weighted by Crippen LogP contribution is -2.12. The molecule has 5 rings (SSSR count). The highest BCUT2D eigenvalue weighted by atomic mass is 16.3. The van der Waals surface area contributed by atoms with Crippen molar-refractivity contribution in [3.05, 3.63) is 72.4 Å². The molecule has 1 N–H and O–H groups in total. The highest BCUT2D eigenvalue weighted by Gasteiger charge is 2.26. The molecular formula is C22H20N6O2. The standard InChI is InChI=1S/C22H20N6O2/c1-15-7-11-19(30-15)21-16(13-28(26-21)18-5-3-2-4-6-18)8-12-20(29)24-22-25-23-14-27(22)17-9-10-17/h2-8,11-14,17H,9-10H2,1H3,(H,24,25,29)/b12-8+. The maximum absolute atomic E-state index is 12.5. The van der Waals surface area contributed by atoms with Crippen molar-refractivity contribution in [2.24, 2.45) is 0 Å². The maximum Gasteiger partial charge on any atom is 0.250 e. The number of anilines is 1. The van der Waals surface area contributed by atoms with E-state index in [0.29, 0.717) is 23.4 Å². The Morgan fingerprint density at radius 2 is 2.03 bits per heavy atom. The second-order valence-electron chi connectivity index (χ2n) is 7.24. The van der Waals surface area contributed by atoms with Gasteiger partial charge in [0.05, 0.1) is 5.69 Å². The van der Waals surface area contributed by atoms with Crippen molar-refractivity contribution in [2.75, 3.05) is 5.32 Å². The number of amides is 1. The zero-order chi connectivity index (χ0) is 20.5. The number of rotatable bonds is 6. The van der Waals surface area contributed by atoms with E-state index in [4.69, 9.17) is 4.42 Å². The van der Waals surface area contributed by atoms with Gasteiger partial charge in [-0.3, -0.25) is 14.7 Å². The summed E-state index contributed by atoms with van der Waals surface area (Å²) in [5.74, 6) is 1.63. The van der Waals surface area contributed by atoms with Crippen LogP contribution in [0.2, 0.25) is 0 Å². The van der Waals surface area contributed by atoms with E-state index >= 15 is 0 Å². The third-order valence-electron chi connectivity index (χ3n) is 4.90. The lowest BCUT2D eigenvalue weighted by atomic mass is 10.2. The van der Waals surface area contributed by atoms with Crippen molar-refractivity contribution in [2.45, 2.75) is 25.8 Å². The predicted molar refractivity (Wildman–Crippen MR) is 112 cm³/mol. The molecule has 30 heavy (non-hydrogen) atoms. The Labute approximate surface area is 172 Å². The number of carbonyl (C=O) groups excluding carboxylic acids is 1. The molecule has 1 aliphatic rings. The van der Waals surface area contributed by atoms with Crippen molar-refractivity contribution in [1.82, 2.24) is 24.5 Å². The average molecular weight is 400 g/mol. The molecule has 1 fully saturated rings. The molecule has 8 heteroatoms. The second kappa shape index (κ2) is 7.47. The summed E-state index contributed by atoms with van der Waals surface area (Å²) in [6, 6.07) is 13.9. The van der Waals surface area contributed by atoms with Crippen LogP contribution in [0.5, 0.6) is 0 Å². The highest BCUT2D eigenvalue weighted by molar-refractivity contribution is 6.01. The van der Waals surface area contributed by atoms with Gasteiger partial charge in [0.15, 0.2) is 5.76 Å². The van der Waals surface area contributed by atoms with Gasteiger partial charge in [0, 0.05) is 23.9 Å². The normalized spacial score (nSPS) is 13.8. The van der Waals surface area contributed by atoms with E-state index in [1.807, 2.05) is 60.2 Å². The molecule has 0 unspecified atom stereocenters. The molecule has 1 amide bonds. The van der Waals surface area contributed by atoms with E-state index in [-0.39, 0.29) is 5.91 Å². The summed E-state index contributed by atoms with van der Waals surface area (Å²) in [5.41, 5.74) is 2.35. The van der Waals surface area contributed by atoms with Gasteiger partial charge < -0.3 is 4.42 Å². The van der Waals surface area contributed by atoms with Crippen LogP contribution in [-0.2, 0) is 4.79 Å². The van der Waals surface area contributed by atoms with Gasteiger partial charge in [-0.15, -0.1) is 10.2 Å². The Kier molecular flexibility index (Phi) is 4.51. The molecule has 0 atom stereocenters. The molecule has 0 spiro atoms. The number of nitrogens with zero attached hydrogens (tertiary/aromatic N) is 5. The molecule has 8 nitrogen and oxygen atoms in total. The summed E-state index contributed by atoms with van der Waals surface area (Å²) in [5, 5.41) is 15.4. The lowest BCUT2D eigenvalue weighted by molar-refractivity contribution is -0.111. The smallest absolute Gasteiger partial charge is 0.250 e. The van der Waals surface area contributed by atoms with Gasteiger partial charge >= 0.3 is 0 Å². The second-order valence-corrected chi connectivity index (χ2v) is 7.24. The number of para-hydroxylation sites is 1. The fourth-order valence-electron chi connectivity index (χ4n) is 3.24. The van der Waals surface area contributed by atoms with Gasteiger partial charge in [0.25, 0.3) is 5.91 Å². The minimum absolute atomic E-state index is 0.279. The topological polar surface area (TPSA) is 90.8 Å². The molecule has 4 aromatic rings. The molecule has 3 heterocycles. The molecule has 1 aliphatic carbocycles. The summed E-state index contributed by atoms with van der Waals surface area (Å²) in [6.07, 6.45) is 8.89. The third kappa shape index (κ3) is 3.67. The third-order valence-corrected chi connectivity index (χ3v) is 4.90. The van der Waals surface area contributed by atoms with Crippen LogP contribution in [0.4, 0.5) is 5.95 Å². The molecular weight excluding hydrogens is 380 g/mol. The van der Waals surface area contributed by atoms with Crippen LogP contribution in [0, 0.1) is 6.92 Å². The number of hydrogen-bond acceptors (Lipinski definition) is 5. The molecule has 0 saturated heterocycles. The van der Waals surface area contributed by atoms with Gasteiger partial charge in [0.1, 0.15) is 17.8 Å². The van der Waals surface area contributed by atoms with Crippen LogP contribution in [0.1, 0.15) is 30.2 Å². The van der Waals surface area contributed by atoms with E-state index in [9.17, 15) is 4.79 Å². The van der Waals surface area contributed by atoms with E-state index in [1.165, 1.54) is 6.08 Å². The van der Waals surface area contributed by atoms with Crippen LogP contribution >= 0.6 is 0 Å². The number of hydrogen-bond donors (Lipinski definition) is 1. The molecule has 150 valence electrons. The minimum atomic E-state index is -0.279. The number of aromatic nitrogens is 5. The Balaban J connectivity index is 1.42. The van der Waals surface area contributed by atoms with Crippen molar-refractivity contribution in [3.63, 3.8) is 0 Å². The summed E-state index contributed by atoms with van der Waals surface area (Å²) in [4.78, 5) is 12.5. The number of carbonyl (C=O) groups is 1. The summed E-state index contributed by atoms with van der Waals surface area (Å²) in [6.45, 7) is 1.89. The van der Waals surface area contributed by atoms with Crippen molar-refractivity contribution >= 4 is 17.9 Å². The first kappa shape index (κ1) is 18.1. The number of furan rings is 1. The SMILES string of the molecule is Cc1ccc(-c2nn(-c3ccccc3)cc2/C=C/C(=O)Nc2nncn2C2CC2)o1. The van der Waals surface area contributed by atoms with Crippen LogP contribution in [-0.4, -0.2) is 30.5 Å². The first-order valence-electron chi connectivity index (χ1n) is 9.78. The summed E-state index contributed by atoms with van der Waals surface area (Å²) >= 11 is 0. The molecule has 3 aromatic heterocycles. The van der Waals surface area contributed by atoms with E-state index in [0.717, 1.165) is 29.9 Å². The minimum Gasteiger partial charge on any atom is -0.460 e. The molecule has 0 aliphatic heterocycles. The van der Waals surface area contributed by atoms with Crippen LogP contribution in [0.25, 0.3) is 23.2 Å². The monoisotopic (exact) mass is 400 g/mol. The number of nitrogens with one attached hydrogen (secondary N) is 1. The van der Waals surface area contributed by atoms with Crippen LogP contribution in [0.15, 0.2) is 65.5 Å². The molecule has 0 bridgehead atoms. The highest BCUT2D eigenvalue weighted by Crippen LogP contribution is 2.36. The fourth-order valence-corrected chi connectivity index (χ4v) is 3.24. The number of aryl methyl sites for hydroxylation is 1. The predicted octanol–water partition coefficient (Wildman–Crippen LogP) is 4.02. The zero-order valence-electron chi connectivity index (χ0n) is 16.4. The van der Waals surface area contributed by atoms with Crippen molar-refractivity contribution in [3.8, 4) is 17.1 Å². The molecule has 1 saturated carbocycles. The summed E-state index contributed by atoms with van der Waals surface area (Å²) in [7, 11) is 0. The van der Waals surface area contributed by atoms with Gasteiger partial charge in [-0.2, -0.15) is 5.10 Å². The Morgan fingerprint density at radius 3 is 2.77 bits per heavy atom. The van der Waals surface area contributed by atoms with Gasteiger partial charge in [-0.1, -0.05) is 18.2 Å². The first-order valence-corrected chi connectivity index (χ1v) is 9.78. The van der Waals surface area contributed by atoms with Crippen molar-refractivity contribution in [1.29, 1.82) is 0 Å². The van der Waals surface area contributed by atoms with Crippen LogP contribution in [0.3, 0.4) is 0 Å². The zero-order valence-corrected chi connectivity index (χ0v) is 16.4. The largest absolute Gasteiger partial charge is 0.460 e. The Morgan fingerprint density at radius 1 is 1.20 bits per heavy atom. The molecule has 0 radical (unpaired) electrons. The van der Waals surface area contributed by atoms with Crippen molar-refractivity contribution < 1.29 is 9.21 Å². The van der Waals surface area contributed by atoms with Gasteiger partial charge in [-0.05, 0) is 50.1 Å². The first-order chi connectivity index (χ1) is 14.7. The van der Waals surface area contributed by atoms with Crippen LogP contribution < -0.4 is 5.32 Å². The molecule has 1 aromatic carbocycles. The number of benzene rings is 1. The van der Waals surface area contributed by atoms with Gasteiger partial charge in [0.2, 0.25) is 5.95 Å². The fraction of sp³-hybridized carbons (Fsp3) is 0.182. The average Bonchev–Trinajstić information content (AvgIpc) is 3.13. The van der Waals surface area contributed by atoms with Gasteiger partial charge in [-0.25, -0.2) is 4.68 Å². The van der Waals surface area contributed by atoms with E-state index < -0.39 is 0 Å². The van der Waals surface area contributed by atoms with E-state index in [2.05, 4.69) is 20.6 Å². The Hall–Kier alpha value is -3.94. The quantitative estimate of drug-likeness (QED) is 0.494. The summed E-state index contributed by atoms with van der Waals surface area (Å²) < 4.78 is 9.44. The maximum atomic E-state index is 12.5. The Bertz CT molecular complexity index is 1210. The van der Waals surface area contributed by atoms with E-state index in [1.54, 1.807) is 17.1 Å².